The van der Waals surface area contributed by atoms with Gasteiger partial charge in [0.25, 0.3) is 0 Å². The van der Waals surface area contributed by atoms with E-state index >= 15 is 0 Å². The van der Waals surface area contributed by atoms with Gasteiger partial charge in [0.1, 0.15) is 0 Å². The molecule has 2 rings (SSSR count). The standard InChI is InChI=1S/C15H23Br2Cl/c1-10-5-6-11(16)13(2,3)15(10)8-7-14(4,17)12(18)9-15/h11-12H,1,5-9H2,2-4H3/t11-,12-,14+,15+/m1/s1. The van der Waals surface area contributed by atoms with E-state index in [1.54, 1.807) is 0 Å². The zero-order chi connectivity index (χ0) is 13.8. The zero-order valence-corrected chi connectivity index (χ0v) is 15.5. The lowest BCUT2D eigenvalue weighted by Crippen LogP contribution is -2.54. The molecule has 0 bridgehead atoms. The lowest BCUT2D eigenvalue weighted by Gasteiger charge is -2.59. The van der Waals surface area contributed by atoms with Crippen LogP contribution >= 0.6 is 43.5 Å². The van der Waals surface area contributed by atoms with Crippen LogP contribution in [0.25, 0.3) is 0 Å². The highest BCUT2D eigenvalue weighted by Crippen LogP contribution is 2.64. The first-order valence-electron chi connectivity index (χ1n) is 6.79. The third kappa shape index (κ3) is 2.15. The molecule has 104 valence electrons. The van der Waals surface area contributed by atoms with E-state index in [1.165, 1.54) is 18.4 Å². The maximum atomic E-state index is 6.67. The van der Waals surface area contributed by atoms with E-state index in [4.69, 9.17) is 11.6 Å². The summed E-state index contributed by atoms with van der Waals surface area (Å²) >= 11 is 14.4. The molecule has 0 aliphatic heterocycles. The second kappa shape index (κ2) is 4.77. The minimum atomic E-state index is 0.0788. The molecule has 18 heavy (non-hydrogen) atoms. The number of alkyl halides is 3. The molecule has 2 aliphatic rings. The van der Waals surface area contributed by atoms with Crippen LogP contribution in [0.15, 0.2) is 12.2 Å². The SMILES string of the molecule is C=C1CC[C@@H](Br)C(C)(C)[C@]12CC[C@](C)(Br)[C@H](Cl)C2. The molecule has 0 aromatic heterocycles. The van der Waals surface area contributed by atoms with Gasteiger partial charge in [0.2, 0.25) is 0 Å². The van der Waals surface area contributed by atoms with Crippen LogP contribution in [0, 0.1) is 10.8 Å². The Bertz CT molecular complexity index is 362. The van der Waals surface area contributed by atoms with E-state index in [-0.39, 0.29) is 20.5 Å². The molecule has 0 N–H and O–H groups in total. The van der Waals surface area contributed by atoms with Crippen molar-refractivity contribution in [3.8, 4) is 0 Å². The molecule has 2 saturated carbocycles. The van der Waals surface area contributed by atoms with Gasteiger partial charge in [-0.1, -0.05) is 57.9 Å². The molecule has 0 aromatic carbocycles. The number of halogens is 3. The molecular weight excluding hydrogens is 375 g/mol. The van der Waals surface area contributed by atoms with Crippen LogP contribution in [-0.4, -0.2) is 14.5 Å². The van der Waals surface area contributed by atoms with Gasteiger partial charge in [-0.05, 0) is 49.9 Å². The molecule has 0 radical (unpaired) electrons. The Balaban J connectivity index is 2.37. The Labute approximate surface area is 133 Å². The molecule has 0 nitrogen and oxygen atoms in total. The smallest absolute Gasteiger partial charge is 0.0495 e. The van der Waals surface area contributed by atoms with Crippen molar-refractivity contribution in [2.45, 2.75) is 67.4 Å². The third-order valence-electron chi connectivity index (χ3n) is 5.61. The van der Waals surface area contributed by atoms with Gasteiger partial charge in [0.15, 0.2) is 0 Å². The lowest BCUT2D eigenvalue weighted by atomic mass is 9.50. The highest BCUT2D eigenvalue weighted by molar-refractivity contribution is 9.10. The monoisotopic (exact) mass is 396 g/mol. The predicted octanol–water partition coefficient (Wildman–Crippen LogP) is 6.06. The summed E-state index contributed by atoms with van der Waals surface area (Å²) in [4.78, 5) is 0.569. The third-order valence-corrected chi connectivity index (χ3v) is 9.07. The zero-order valence-electron chi connectivity index (χ0n) is 11.5. The van der Waals surface area contributed by atoms with Crippen LogP contribution < -0.4 is 0 Å². The second-order valence-corrected chi connectivity index (χ2v) is 10.3. The van der Waals surface area contributed by atoms with Gasteiger partial charge >= 0.3 is 0 Å². The van der Waals surface area contributed by atoms with Crippen molar-refractivity contribution in [1.29, 1.82) is 0 Å². The average molecular weight is 399 g/mol. The van der Waals surface area contributed by atoms with Crippen molar-refractivity contribution in [3.05, 3.63) is 12.2 Å². The maximum Gasteiger partial charge on any atom is 0.0495 e. The number of allylic oxidation sites excluding steroid dienone is 1. The summed E-state index contributed by atoms with van der Waals surface area (Å²) in [7, 11) is 0. The van der Waals surface area contributed by atoms with Crippen LogP contribution in [0.3, 0.4) is 0 Å². The van der Waals surface area contributed by atoms with E-state index in [9.17, 15) is 0 Å². The van der Waals surface area contributed by atoms with Crippen molar-refractivity contribution < 1.29 is 0 Å². The van der Waals surface area contributed by atoms with Crippen LogP contribution in [0.2, 0.25) is 0 Å². The quantitative estimate of drug-likeness (QED) is 0.344. The van der Waals surface area contributed by atoms with Gasteiger partial charge in [-0.25, -0.2) is 0 Å². The molecular formula is C15H23Br2Cl. The number of hydrogen-bond acceptors (Lipinski definition) is 0. The fraction of sp³-hybridized carbons (Fsp3) is 0.867. The van der Waals surface area contributed by atoms with Crippen LogP contribution in [0.4, 0.5) is 0 Å². The van der Waals surface area contributed by atoms with Crippen LogP contribution in [-0.2, 0) is 0 Å². The Morgan fingerprint density at radius 3 is 2.44 bits per heavy atom. The Kier molecular flexibility index (Phi) is 4.08. The molecule has 0 aromatic rings. The first-order chi connectivity index (χ1) is 8.13. The summed E-state index contributed by atoms with van der Waals surface area (Å²) in [5.74, 6) is 0. The van der Waals surface area contributed by atoms with E-state index < -0.39 is 0 Å². The van der Waals surface area contributed by atoms with E-state index in [0.717, 1.165) is 19.3 Å². The molecule has 4 atom stereocenters. The highest BCUT2D eigenvalue weighted by atomic mass is 79.9. The Hall–Kier alpha value is 0.990. The normalized spacial score (nSPS) is 48.4. The highest BCUT2D eigenvalue weighted by Gasteiger charge is 2.57. The van der Waals surface area contributed by atoms with Gasteiger partial charge in [0.05, 0.1) is 0 Å². The second-order valence-electron chi connectivity index (χ2n) is 6.86. The fourth-order valence-corrected chi connectivity index (χ4v) is 5.20. The number of hydrogen-bond donors (Lipinski definition) is 0. The van der Waals surface area contributed by atoms with Crippen molar-refractivity contribution >= 4 is 43.5 Å². The summed E-state index contributed by atoms with van der Waals surface area (Å²) < 4.78 is 0.0788. The molecule has 0 unspecified atom stereocenters. The minimum absolute atomic E-state index is 0.0788. The molecule has 0 saturated heterocycles. The summed E-state index contributed by atoms with van der Waals surface area (Å²) in [5.41, 5.74) is 1.87. The lowest BCUT2D eigenvalue weighted by molar-refractivity contribution is 0.0341. The van der Waals surface area contributed by atoms with Crippen molar-refractivity contribution in [1.82, 2.24) is 0 Å². The van der Waals surface area contributed by atoms with Crippen molar-refractivity contribution in [2.24, 2.45) is 10.8 Å². The molecule has 1 spiro atoms. The summed E-state index contributed by atoms with van der Waals surface area (Å²) in [5, 5.41) is 0.181. The van der Waals surface area contributed by atoms with E-state index in [2.05, 4.69) is 59.2 Å². The largest absolute Gasteiger partial charge is 0.121 e. The van der Waals surface area contributed by atoms with Gasteiger partial charge < -0.3 is 0 Å². The van der Waals surface area contributed by atoms with E-state index in [1.807, 2.05) is 0 Å². The van der Waals surface area contributed by atoms with Gasteiger partial charge in [-0.2, -0.15) is 0 Å². The molecule has 0 heterocycles. The van der Waals surface area contributed by atoms with Crippen LogP contribution in [0.5, 0.6) is 0 Å². The average Bonchev–Trinajstić information content (AvgIpc) is 2.27. The topological polar surface area (TPSA) is 0 Å². The molecule has 2 aliphatic carbocycles. The van der Waals surface area contributed by atoms with E-state index in [0.29, 0.717) is 4.83 Å². The summed E-state index contributed by atoms with van der Waals surface area (Å²) in [6.07, 6.45) is 5.72. The van der Waals surface area contributed by atoms with Crippen molar-refractivity contribution in [2.75, 3.05) is 0 Å². The van der Waals surface area contributed by atoms with Crippen molar-refractivity contribution in [3.63, 3.8) is 0 Å². The predicted molar refractivity (Wildman–Crippen MR) is 88.1 cm³/mol. The van der Waals surface area contributed by atoms with Gasteiger partial charge in [0, 0.05) is 14.5 Å². The Morgan fingerprint density at radius 2 is 1.89 bits per heavy atom. The summed E-state index contributed by atoms with van der Waals surface area (Å²) in [6, 6.07) is 0. The van der Waals surface area contributed by atoms with Gasteiger partial charge in [-0.15, -0.1) is 11.6 Å². The van der Waals surface area contributed by atoms with Crippen LogP contribution in [0.1, 0.15) is 52.9 Å². The minimum Gasteiger partial charge on any atom is -0.121 e. The first-order valence-corrected chi connectivity index (χ1v) is 8.93. The summed E-state index contributed by atoms with van der Waals surface area (Å²) in [6.45, 7) is 11.4. The first kappa shape index (κ1) is 15.4. The fourth-order valence-electron chi connectivity index (χ4n) is 3.80. The molecule has 3 heteroatoms. The number of rotatable bonds is 0. The Morgan fingerprint density at radius 1 is 1.28 bits per heavy atom. The van der Waals surface area contributed by atoms with Gasteiger partial charge in [-0.3, -0.25) is 0 Å². The maximum absolute atomic E-state index is 6.67. The molecule has 2 fully saturated rings. The molecule has 0 amide bonds.